The van der Waals surface area contributed by atoms with Crippen molar-refractivity contribution in [2.75, 3.05) is 11.2 Å². The van der Waals surface area contributed by atoms with Gasteiger partial charge >= 0.3 is 0 Å². The minimum absolute atomic E-state index is 0.00472. The largest absolute Gasteiger partial charge is 0.221 e. The standard InChI is InChI=1S/C8H18BrNO2S/c1-7(2)8(3,4)5-10-13(11,12)6-9/h7,10H,5-6H2,1-4H3. The molecule has 0 unspecified atom stereocenters. The second-order valence-corrected chi connectivity index (χ2v) is 7.30. The summed E-state index contributed by atoms with van der Waals surface area (Å²) < 4.78 is 24.7. The van der Waals surface area contributed by atoms with Gasteiger partial charge in [-0.05, 0) is 11.3 Å². The lowest BCUT2D eigenvalue weighted by Crippen LogP contribution is -2.37. The van der Waals surface area contributed by atoms with E-state index in [1.165, 1.54) is 0 Å². The summed E-state index contributed by atoms with van der Waals surface area (Å²) in [7, 11) is -3.12. The number of rotatable bonds is 5. The number of nitrogens with one attached hydrogen (secondary N) is 1. The molecular weight excluding hydrogens is 254 g/mol. The fourth-order valence-corrected chi connectivity index (χ4v) is 1.69. The molecule has 0 spiro atoms. The van der Waals surface area contributed by atoms with E-state index in [4.69, 9.17) is 0 Å². The molecule has 0 fully saturated rings. The van der Waals surface area contributed by atoms with E-state index >= 15 is 0 Å². The van der Waals surface area contributed by atoms with Gasteiger partial charge in [-0.3, -0.25) is 0 Å². The Morgan fingerprint density at radius 1 is 1.38 bits per heavy atom. The predicted octanol–water partition coefficient (Wildman–Crippen LogP) is 1.94. The monoisotopic (exact) mass is 271 g/mol. The van der Waals surface area contributed by atoms with Crippen molar-refractivity contribution in [1.82, 2.24) is 4.72 Å². The van der Waals surface area contributed by atoms with Crippen molar-refractivity contribution in [3.8, 4) is 0 Å². The van der Waals surface area contributed by atoms with Gasteiger partial charge in [-0.1, -0.05) is 43.6 Å². The summed E-state index contributed by atoms with van der Waals surface area (Å²) in [4.78, 5) is 0. The van der Waals surface area contributed by atoms with Crippen LogP contribution in [-0.2, 0) is 10.0 Å². The van der Waals surface area contributed by atoms with Crippen LogP contribution in [0.25, 0.3) is 0 Å². The first kappa shape index (κ1) is 13.4. The summed E-state index contributed by atoms with van der Waals surface area (Å²) in [5.41, 5.74) is -0.00472. The SMILES string of the molecule is CC(C)C(C)(C)CNS(=O)(=O)CBr. The van der Waals surface area contributed by atoms with Crippen LogP contribution in [0.1, 0.15) is 27.7 Å². The highest BCUT2D eigenvalue weighted by Crippen LogP contribution is 2.24. The molecule has 0 aliphatic carbocycles. The first-order valence-corrected chi connectivity index (χ1v) is 7.02. The molecule has 0 aliphatic heterocycles. The van der Waals surface area contributed by atoms with Crippen molar-refractivity contribution in [2.45, 2.75) is 27.7 Å². The highest BCUT2D eigenvalue weighted by atomic mass is 79.9. The van der Waals surface area contributed by atoms with Crippen LogP contribution in [0, 0.1) is 11.3 Å². The zero-order chi connectivity index (χ0) is 10.7. The Hall–Kier alpha value is 0.390. The van der Waals surface area contributed by atoms with Crippen LogP contribution < -0.4 is 4.72 Å². The van der Waals surface area contributed by atoms with Gasteiger partial charge in [-0.2, -0.15) is 0 Å². The van der Waals surface area contributed by atoms with Crippen LogP contribution in [0.4, 0.5) is 0 Å². The lowest BCUT2D eigenvalue weighted by Gasteiger charge is -2.29. The maximum absolute atomic E-state index is 11.1. The Balaban J connectivity index is 4.18. The van der Waals surface area contributed by atoms with Gasteiger partial charge in [-0.25, -0.2) is 13.1 Å². The first-order chi connectivity index (χ1) is 5.71. The number of hydrogen-bond acceptors (Lipinski definition) is 2. The molecule has 0 saturated carbocycles. The van der Waals surface area contributed by atoms with Crippen molar-refractivity contribution in [3.05, 3.63) is 0 Å². The fourth-order valence-electron chi connectivity index (χ4n) is 0.539. The lowest BCUT2D eigenvalue weighted by atomic mass is 9.81. The topological polar surface area (TPSA) is 46.2 Å². The number of hydrogen-bond donors (Lipinski definition) is 1. The molecule has 1 N–H and O–H groups in total. The van der Waals surface area contributed by atoms with Crippen LogP contribution in [0.3, 0.4) is 0 Å². The number of sulfonamides is 1. The second kappa shape index (κ2) is 4.75. The third-order valence-corrected chi connectivity index (χ3v) is 5.13. The predicted molar refractivity (Wildman–Crippen MR) is 59.3 cm³/mol. The highest BCUT2D eigenvalue weighted by molar-refractivity contribution is 9.10. The first-order valence-electron chi connectivity index (χ1n) is 4.24. The zero-order valence-electron chi connectivity index (χ0n) is 8.59. The Morgan fingerprint density at radius 3 is 2.15 bits per heavy atom. The molecule has 0 aromatic heterocycles. The van der Waals surface area contributed by atoms with Crippen molar-refractivity contribution in [3.63, 3.8) is 0 Å². The summed E-state index contributed by atoms with van der Waals surface area (Å²) in [6, 6.07) is 0. The molecule has 3 nitrogen and oxygen atoms in total. The molecule has 0 aromatic rings. The van der Waals surface area contributed by atoms with E-state index in [0.29, 0.717) is 12.5 Å². The van der Waals surface area contributed by atoms with Gasteiger partial charge in [0.15, 0.2) is 0 Å². The van der Waals surface area contributed by atoms with Gasteiger partial charge in [0.05, 0.1) is 0 Å². The summed E-state index contributed by atoms with van der Waals surface area (Å²) in [6.45, 7) is 8.76. The molecular formula is C8H18BrNO2S. The van der Waals surface area contributed by atoms with Gasteiger partial charge in [0.25, 0.3) is 0 Å². The van der Waals surface area contributed by atoms with Crippen LogP contribution in [0.2, 0.25) is 0 Å². The molecule has 0 rings (SSSR count). The molecule has 0 saturated heterocycles. The molecule has 0 aromatic carbocycles. The molecule has 0 heterocycles. The smallest absolute Gasteiger partial charge is 0.214 e. The van der Waals surface area contributed by atoms with Gasteiger partial charge < -0.3 is 0 Å². The minimum atomic E-state index is -3.12. The molecule has 0 aliphatic rings. The summed E-state index contributed by atoms with van der Waals surface area (Å²) in [5.74, 6) is 0.450. The minimum Gasteiger partial charge on any atom is -0.214 e. The van der Waals surface area contributed by atoms with Crippen LogP contribution in [0.5, 0.6) is 0 Å². The molecule has 0 amide bonds. The van der Waals surface area contributed by atoms with Gasteiger partial charge in [-0.15, -0.1) is 0 Å². The third kappa shape index (κ3) is 4.98. The van der Waals surface area contributed by atoms with E-state index in [0.717, 1.165) is 0 Å². The quantitative estimate of drug-likeness (QED) is 0.777. The molecule has 0 bridgehead atoms. The molecule has 13 heavy (non-hydrogen) atoms. The van der Waals surface area contributed by atoms with Gasteiger partial charge in [0.2, 0.25) is 10.0 Å². The number of alkyl halides is 1. The van der Waals surface area contributed by atoms with Gasteiger partial charge in [0.1, 0.15) is 4.66 Å². The van der Waals surface area contributed by atoms with E-state index in [2.05, 4.69) is 48.3 Å². The van der Waals surface area contributed by atoms with E-state index < -0.39 is 10.0 Å². The van der Waals surface area contributed by atoms with Crippen molar-refractivity contribution < 1.29 is 8.42 Å². The fraction of sp³-hybridized carbons (Fsp3) is 1.00. The van der Waals surface area contributed by atoms with E-state index in [1.54, 1.807) is 0 Å². The Bertz CT molecular complexity index is 247. The average Bonchev–Trinajstić information content (AvgIpc) is 2.01. The second-order valence-electron chi connectivity index (χ2n) is 4.19. The molecule has 0 atom stereocenters. The molecule has 0 radical (unpaired) electrons. The number of halogens is 1. The maximum Gasteiger partial charge on any atom is 0.221 e. The maximum atomic E-state index is 11.1. The van der Waals surface area contributed by atoms with Gasteiger partial charge in [0, 0.05) is 6.54 Å². The average molecular weight is 272 g/mol. The summed E-state index contributed by atoms with van der Waals surface area (Å²) in [5, 5.41) is 0. The van der Waals surface area contributed by atoms with Crippen LogP contribution >= 0.6 is 15.9 Å². The third-order valence-electron chi connectivity index (χ3n) is 2.45. The lowest BCUT2D eigenvalue weighted by molar-refractivity contribution is 0.252. The molecule has 5 heteroatoms. The van der Waals surface area contributed by atoms with Crippen LogP contribution in [-0.4, -0.2) is 19.6 Å². The Morgan fingerprint density at radius 2 is 1.85 bits per heavy atom. The molecule has 80 valence electrons. The summed E-state index contributed by atoms with van der Waals surface area (Å²) >= 11 is 2.93. The zero-order valence-corrected chi connectivity index (χ0v) is 11.0. The van der Waals surface area contributed by atoms with Crippen LogP contribution in [0.15, 0.2) is 0 Å². The van der Waals surface area contributed by atoms with Crippen molar-refractivity contribution in [1.29, 1.82) is 0 Å². The van der Waals surface area contributed by atoms with Crippen molar-refractivity contribution >= 4 is 26.0 Å². The van der Waals surface area contributed by atoms with E-state index in [1.807, 2.05) is 0 Å². The van der Waals surface area contributed by atoms with E-state index in [9.17, 15) is 8.42 Å². The Kier molecular flexibility index (Phi) is 4.90. The van der Waals surface area contributed by atoms with Crippen molar-refractivity contribution in [2.24, 2.45) is 11.3 Å². The Labute approximate surface area is 89.5 Å². The normalized spacial score (nSPS) is 13.7. The summed E-state index contributed by atoms with van der Waals surface area (Å²) in [6.07, 6.45) is 0. The highest BCUT2D eigenvalue weighted by Gasteiger charge is 2.24. The van der Waals surface area contributed by atoms with E-state index in [-0.39, 0.29) is 10.1 Å².